The third-order valence-corrected chi connectivity index (χ3v) is 6.35. The number of hydrogen-bond acceptors (Lipinski definition) is 6. The molecule has 0 atom stereocenters. The first-order valence-corrected chi connectivity index (χ1v) is 12.1. The zero-order chi connectivity index (χ0) is 24.3. The number of nitrogens with zero attached hydrogens (tertiary/aromatic N) is 2. The monoisotopic (exact) mass is 488 g/mol. The molecule has 11 heteroatoms. The summed E-state index contributed by atoms with van der Waals surface area (Å²) in [6.45, 7) is 2.33. The molecule has 0 saturated heterocycles. The van der Waals surface area contributed by atoms with E-state index in [1.165, 1.54) is 18.3 Å². The van der Waals surface area contributed by atoms with Gasteiger partial charge in [0.05, 0.1) is 30.2 Å². The fourth-order valence-electron chi connectivity index (χ4n) is 3.49. The number of hydrogen-bond donors (Lipinski definition) is 2. The van der Waals surface area contributed by atoms with Gasteiger partial charge in [-0.25, -0.2) is 13.4 Å². The number of nitrogens with one attached hydrogen (secondary N) is 2. The van der Waals surface area contributed by atoms with Gasteiger partial charge in [0.25, 0.3) is 15.9 Å². The van der Waals surface area contributed by atoms with Gasteiger partial charge in [0.15, 0.2) is 0 Å². The summed E-state index contributed by atoms with van der Waals surface area (Å²) in [5, 5.41) is 2.99. The first-order chi connectivity index (χ1) is 16.2. The second-order valence-corrected chi connectivity index (χ2v) is 9.43. The Labute approximate surface area is 195 Å². The summed E-state index contributed by atoms with van der Waals surface area (Å²) in [5.74, 6) is -3.44. The molecule has 1 aliphatic carbocycles. The summed E-state index contributed by atoms with van der Waals surface area (Å²) in [4.78, 5) is 21.4. The molecule has 2 N–H and O–H groups in total. The largest absolute Gasteiger partial charge is 0.477 e. The van der Waals surface area contributed by atoms with Crippen LogP contribution in [0.15, 0.2) is 60.9 Å². The van der Waals surface area contributed by atoms with Crippen molar-refractivity contribution < 1.29 is 26.7 Å². The summed E-state index contributed by atoms with van der Waals surface area (Å²) < 4.78 is 55.5. The summed E-state index contributed by atoms with van der Waals surface area (Å²) >= 11 is 0. The minimum Gasteiger partial charge on any atom is -0.477 e. The van der Waals surface area contributed by atoms with E-state index in [1.54, 1.807) is 42.6 Å². The number of halogens is 2. The number of carbonyl (C=O) groups excluding carboxylic acids is 1. The van der Waals surface area contributed by atoms with Crippen molar-refractivity contribution in [2.45, 2.75) is 31.1 Å². The molecule has 0 aliphatic heterocycles. The highest BCUT2D eigenvalue weighted by atomic mass is 32.2. The van der Waals surface area contributed by atoms with Gasteiger partial charge in [-0.2, -0.15) is 8.78 Å². The van der Waals surface area contributed by atoms with Crippen molar-refractivity contribution in [3.63, 3.8) is 0 Å². The maximum atomic E-state index is 12.9. The van der Waals surface area contributed by atoms with Gasteiger partial charge >= 0.3 is 5.76 Å². The molecule has 0 unspecified atom stereocenters. The summed E-state index contributed by atoms with van der Waals surface area (Å²) in [6.07, 6.45) is 4.41. The Bertz CT molecular complexity index is 1300. The van der Waals surface area contributed by atoms with Gasteiger partial charge in [-0.3, -0.25) is 14.5 Å². The third kappa shape index (κ3) is 5.14. The highest BCUT2D eigenvalue weighted by Crippen LogP contribution is 2.46. The van der Waals surface area contributed by atoms with E-state index in [0.717, 1.165) is 5.56 Å². The molecule has 2 aromatic carbocycles. The van der Waals surface area contributed by atoms with Crippen LogP contribution in [0, 0.1) is 0 Å². The Morgan fingerprint density at radius 3 is 2.53 bits per heavy atom. The second kappa shape index (κ2) is 9.34. The molecule has 1 amide bonds. The van der Waals surface area contributed by atoms with Gasteiger partial charge in [0.1, 0.15) is 0 Å². The summed E-state index contributed by atoms with van der Waals surface area (Å²) in [5.41, 5.74) is 1.77. The first kappa shape index (κ1) is 23.6. The van der Waals surface area contributed by atoms with Crippen LogP contribution in [-0.2, 0) is 15.6 Å². The minimum absolute atomic E-state index is 0.0121. The second-order valence-electron chi connectivity index (χ2n) is 7.78. The molecule has 1 aromatic heterocycles. The number of aromatic nitrogens is 2. The van der Waals surface area contributed by atoms with Gasteiger partial charge < -0.3 is 10.1 Å². The molecule has 3 aromatic rings. The molecule has 178 valence electrons. The Kier molecular flexibility index (Phi) is 6.47. The molecule has 0 bridgehead atoms. The third-order valence-electron chi connectivity index (χ3n) is 5.36. The summed E-state index contributed by atoms with van der Waals surface area (Å²) in [6, 6.07) is 13.0. The highest BCUT2D eigenvalue weighted by Gasteiger charge is 2.46. The molecule has 0 radical (unpaired) electrons. The predicted octanol–water partition coefficient (Wildman–Crippen LogP) is 3.93. The van der Waals surface area contributed by atoms with Crippen molar-refractivity contribution in [1.29, 1.82) is 0 Å². The lowest BCUT2D eigenvalue weighted by atomic mass is 10.0. The fourth-order valence-corrected chi connectivity index (χ4v) is 4.03. The van der Waals surface area contributed by atoms with E-state index in [2.05, 4.69) is 15.3 Å². The number of rotatable bonds is 9. The Hall–Kier alpha value is -3.60. The van der Waals surface area contributed by atoms with Crippen LogP contribution in [0.5, 0.6) is 5.88 Å². The van der Waals surface area contributed by atoms with Crippen LogP contribution in [-0.4, -0.2) is 36.7 Å². The number of carbonyl (C=O) groups is 1. The molecule has 0 spiro atoms. The van der Waals surface area contributed by atoms with Gasteiger partial charge in [-0.1, -0.05) is 24.3 Å². The Morgan fingerprint density at radius 2 is 1.88 bits per heavy atom. The molecule has 8 nitrogen and oxygen atoms in total. The van der Waals surface area contributed by atoms with Crippen LogP contribution in [0.2, 0.25) is 0 Å². The standard InChI is InChI=1S/C23H22F2N4O4S/c1-2-33-20-14-26-13-19(27-20)15-6-8-16(9-7-15)21(30)28-23(10-11-23)17-4-3-5-18(12-17)29-34(31,32)22(24)25/h3-9,12-14,22,29H,2,10-11H2,1H3,(H,28,30). The number of ether oxygens (including phenoxy) is 1. The number of sulfonamides is 1. The van der Waals surface area contributed by atoms with Crippen LogP contribution in [0.3, 0.4) is 0 Å². The SMILES string of the molecule is CCOc1cncc(-c2ccc(C(=O)NC3(c4cccc(NS(=O)(=O)C(F)F)c4)CC3)cc2)n1. The minimum atomic E-state index is -4.78. The van der Waals surface area contributed by atoms with Crippen LogP contribution < -0.4 is 14.8 Å². The number of alkyl halides is 2. The normalized spacial score (nSPS) is 14.5. The van der Waals surface area contributed by atoms with Crippen LogP contribution >= 0.6 is 0 Å². The predicted molar refractivity (Wildman–Crippen MR) is 122 cm³/mol. The summed E-state index contributed by atoms with van der Waals surface area (Å²) in [7, 11) is -4.78. The van der Waals surface area contributed by atoms with Crippen molar-refractivity contribution in [2.75, 3.05) is 11.3 Å². The number of amides is 1. The van der Waals surface area contributed by atoms with Crippen molar-refractivity contribution in [3.8, 4) is 17.1 Å². The van der Waals surface area contributed by atoms with E-state index in [-0.39, 0.29) is 11.6 Å². The molecule has 4 rings (SSSR count). The molecule has 34 heavy (non-hydrogen) atoms. The topological polar surface area (TPSA) is 110 Å². The van der Waals surface area contributed by atoms with E-state index >= 15 is 0 Å². The maximum Gasteiger partial charge on any atom is 0.355 e. The average Bonchev–Trinajstić information content (AvgIpc) is 3.60. The van der Waals surface area contributed by atoms with E-state index in [9.17, 15) is 22.0 Å². The molecule has 1 heterocycles. The zero-order valence-corrected chi connectivity index (χ0v) is 19.0. The lowest BCUT2D eigenvalue weighted by Gasteiger charge is -2.19. The van der Waals surface area contributed by atoms with Crippen LogP contribution in [0.4, 0.5) is 14.5 Å². The fraction of sp³-hybridized carbons (Fsp3) is 0.261. The van der Waals surface area contributed by atoms with Crippen molar-refractivity contribution >= 4 is 21.6 Å². The molecular formula is C23H22F2N4O4S. The zero-order valence-electron chi connectivity index (χ0n) is 18.2. The highest BCUT2D eigenvalue weighted by molar-refractivity contribution is 7.93. The molecule has 1 fully saturated rings. The number of benzene rings is 2. The first-order valence-electron chi connectivity index (χ1n) is 10.5. The van der Waals surface area contributed by atoms with E-state index in [1.807, 2.05) is 11.6 Å². The average molecular weight is 489 g/mol. The number of anilines is 1. The van der Waals surface area contributed by atoms with E-state index < -0.39 is 21.3 Å². The van der Waals surface area contributed by atoms with Crippen LogP contribution in [0.25, 0.3) is 11.3 Å². The van der Waals surface area contributed by atoms with Gasteiger partial charge in [-0.05, 0) is 49.6 Å². The molecule has 1 aliphatic rings. The van der Waals surface area contributed by atoms with Crippen molar-refractivity contribution in [1.82, 2.24) is 15.3 Å². The molecular weight excluding hydrogens is 466 g/mol. The van der Waals surface area contributed by atoms with Gasteiger partial charge in [0, 0.05) is 16.8 Å². The smallest absolute Gasteiger partial charge is 0.355 e. The molecule has 1 saturated carbocycles. The van der Waals surface area contributed by atoms with Gasteiger partial charge in [0.2, 0.25) is 5.88 Å². The quantitative estimate of drug-likeness (QED) is 0.472. The van der Waals surface area contributed by atoms with E-state index in [4.69, 9.17) is 4.74 Å². The lowest BCUT2D eigenvalue weighted by molar-refractivity contribution is 0.0931. The van der Waals surface area contributed by atoms with Crippen molar-refractivity contribution in [3.05, 3.63) is 72.1 Å². The Balaban J connectivity index is 1.48. The maximum absolute atomic E-state index is 12.9. The van der Waals surface area contributed by atoms with Crippen molar-refractivity contribution in [2.24, 2.45) is 0 Å². The van der Waals surface area contributed by atoms with Gasteiger partial charge in [-0.15, -0.1) is 0 Å². The lowest BCUT2D eigenvalue weighted by Crippen LogP contribution is -2.35. The Morgan fingerprint density at radius 1 is 1.15 bits per heavy atom. The van der Waals surface area contributed by atoms with E-state index in [0.29, 0.717) is 42.1 Å². The van der Waals surface area contributed by atoms with Crippen LogP contribution in [0.1, 0.15) is 35.7 Å².